The maximum atomic E-state index is 14.0. The highest BCUT2D eigenvalue weighted by atomic mass is 16.6. The van der Waals surface area contributed by atoms with Crippen molar-refractivity contribution >= 4 is 17.5 Å². The Labute approximate surface area is 201 Å². The second kappa shape index (κ2) is 9.94. The fraction of sp³-hybridized carbons (Fsp3) is 0.393. The van der Waals surface area contributed by atoms with Crippen molar-refractivity contribution in [1.82, 2.24) is 5.32 Å². The number of nitrogens with one attached hydrogen (secondary N) is 1. The molecule has 2 heterocycles. The number of benzene rings is 2. The fourth-order valence-corrected chi connectivity index (χ4v) is 4.61. The summed E-state index contributed by atoms with van der Waals surface area (Å²) >= 11 is 0. The normalized spacial score (nSPS) is 20.5. The first-order chi connectivity index (χ1) is 16.3. The number of methoxy groups -OCH3 is 1. The van der Waals surface area contributed by atoms with Gasteiger partial charge in [-0.15, -0.1) is 0 Å². The van der Waals surface area contributed by atoms with Crippen LogP contribution < -0.4 is 10.1 Å². The van der Waals surface area contributed by atoms with E-state index in [0.717, 1.165) is 17.5 Å². The summed E-state index contributed by atoms with van der Waals surface area (Å²) in [5, 5.41) is 3.22. The van der Waals surface area contributed by atoms with Gasteiger partial charge in [-0.25, -0.2) is 4.79 Å². The molecule has 2 unspecified atom stereocenters. The van der Waals surface area contributed by atoms with Crippen LogP contribution in [0.3, 0.4) is 0 Å². The van der Waals surface area contributed by atoms with E-state index in [1.807, 2.05) is 63.2 Å². The summed E-state index contributed by atoms with van der Waals surface area (Å²) in [5.74, 6) is -0.212. The van der Waals surface area contributed by atoms with E-state index in [4.69, 9.17) is 14.5 Å². The molecule has 2 aliphatic rings. The van der Waals surface area contributed by atoms with Crippen LogP contribution in [0, 0.1) is 5.92 Å². The molecule has 0 spiro atoms. The number of aliphatic imine (C=N–C) groups is 1. The largest absolute Gasteiger partial charge is 0.496 e. The summed E-state index contributed by atoms with van der Waals surface area (Å²) in [6.45, 7) is 6.20. The molecule has 2 atom stereocenters. The third-order valence-corrected chi connectivity index (χ3v) is 6.13. The first-order valence-corrected chi connectivity index (χ1v) is 11.7. The third kappa shape index (κ3) is 5.12. The van der Waals surface area contributed by atoms with Crippen LogP contribution in [0.4, 0.5) is 0 Å². The summed E-state index contributed by atoms with van der Waals surface area (Å²) < 4.78 is 11.2. The van der Waals surface area contributed by atoms with Crippen LogP contribution in [-0.2, 0) is 20.7 Å². The van der Waals surface area contributed by atoms with E-state index < -0.39 is 17.5 Å². The molecule has 0 bridgehead atoms. The number of hydrogen-bond acceptors (Lipinski definition) is 6. The number of para-hydroxylation sites is 1. The standard InChI is InChI=1S/C28H32N2O4/c1-28(2,3)34-27(32)21-16-29-17-22-24(21)26(31)20(15-14-18-10-6-5-7-11-18)25(30-22)19-12-8-9-13-23(19)33-4/h5-13,20,25,29H,14-17H2,1-4H3. The number of esters is 1. The second-order valence-corrected chi connectivity index (χ2v) is 9.72. The first-order valence-electron chi connectivity index (χ1n) is 11.7. The molecule has 1 N–H and O–H groups in total. The molecule has 2 aromatic rings. The summed E-state index contributed by atoms with van der Waals surface area (Å²) in [5.41, 5.74) is 2.81. The summed E-state index contributed by atoms with van der Waals surface area (Å²) in [6.07, 6.45) is 1.35. The van der Waals surface area contributed by atoms with Gasteiger partial charge in [0.05, 0.1) is 30.0 Å². The van der Waals surface area contributed by atoms with Gasteiger partial charge in [0.2, 0.25) is 0 Å². The lowest BCUT2D eigenvalue weighted by molar-refractivity contribution is -0.150. The highest BCUT2D eigenvalue weighted by Crippen LogP contribution is 2.41. The van der Waals surface area contributed by atoms with Crippen LogP contribution in [-0.4, -0.2) is 43.3 Å². The van der Waals surface area contributed by atoms with Crippen LogP contribution in [0.5, 0.6) is 5.75 Å². The zero-order chi connectivity index (χ0) is 24.3. The Morgan fingerprint density at radius 3 is 2.47 bits per heavy atom. The van der Waals surface area contributed by atoms with Crippen LogP contribution in [0.1, 0.15) is 44.4 Å². The van der Waals surface area contributed by atoms with E-state index in [-0.39, 0.29) is 11.8 Å². The Bertz CT molecular complexity index is 1130. The minimum absolute atomic E-state index is 0.0424. The van der Waals surface area contributed by atoms with Gasteiger partial charge in [0.1, 0.15) is 11.4 Å². The van der Waals surface area contributed by atoms with Crippen molar-refractivity contribution in [2.75, 3.05) is 20.2 Å². The molecule has 34 heavy (non-hydrogen) atoms. The number of carbonyl (C=O) groups excluding carboxylic acids is 2. The van der Waals surface area contributed by atoms with Crippen molar-refractivity contribution in [3.05, 3.63) is 76.9 Å². The van der Waals surface area contributed by atoms with Gasteiger partial charge in [-0.3, -0.25) is 9.79 Å². The monoisotopic (exact) mass is 460 g/mol. The van der Waals surface area contributed by atoms with Gasteiger partial charge in [0.25, 0.3) is 0 Å². The molecule has 6 heteroatoms. The number of carbonyl (C=O) groups is 2. The second-order valence-electron chi connectivity index (χ2n) is 9.72. The van der Waals surface area contributed by atoms with Gasteiger partial charge in [0.15, 0.2) is 5.78 Å². The number of ketones is 1. The number of rotatable bonds is 6. The van der Waals surface area contributed by atoms with Crippen molar-refractivity contribution in [2.45, 2.75) is 45.3 Å². The molecule has 178 valence electrons. The molecule has 0 radical (unpaired) electrons. The lowest BCUT2D eigenvalue weighted by Crippen LogP contribution is -2.44. The Morgan fingerprint density at radius 1 is 1.06 bits per heavy atom. The lowest BCUT2D eigenvalue weighted by Gasteiger charge is -2.34. The van der Waals surface area contributed by atoms with Crippen LogP contribution >= 0.6 is 0 Å². The van der Waals surface area contributed by atoms with Gasteiger partial charge in [0, 0.05) is 24.6 Å². The smallest absolute Gasteiger partial charge is 0.336 e. The third-order valence-electron chi connectivity index (χ3n) is 6.13. The van der Waals surface area contributed by atoms with Gasteiger partial charge in [-0.1, -0.05) is 48.5 Å². The maximum absolute atomic E-state index is 14.0. The predicted molar refractivity (Wildman–Crippen MR) is 132 cm³/mol. The number of aryl methyl sites for hydroxylation is 1. The summed E-state index contributed by atoms with van der Waals surface area (Å²) in [4.78, 5) is 32.1. The van der Waals surface area contributed by atoms with Gasteiger partial charge in [-0.2, -0.15) is 0 Å². The number of hydrogen-bond donors (Lipinski definition) is 1. The van der Waals surface area contributed by atoms with E-state index in [1.54, 1.807) is 7.11 Å². The molecule has 2 aromatic carbocycles. The predicted octanol–water partition coefficient (Wildman–Crippen LogP) is 4.25. The number of nitrogens with zero attached hydrogens (tertiary/aromatic N) is 1. The van der Waals surface area contributed by atoms with E-state index in [2.05, 4.69) is 17.4 Å². The van der Waals surface area contributed by atoms with Crippen LogP contribution in [0.25, 0.3) is 0 Å². The molecular formula is C28H32N2O4. The first kappa shape index (κ1) is 23.9. The van der Waals surface area contributed by atoms with Crippen molar-refractivity contribution in [3.63, 3.8) is 0 Å². The number of ether oxygens (including phenoxy) is 2. The quantitative estimate of drug-likeness (QED) is 0.652. The molecule has 4 rings (SSSR count). The van der Waals surface area contributed by atoms with E-state index in [0.29, 0.717) is 42.1 Å². The number of fused-ring (bicyclic) bond motifs is 1. The van der Waals surface area contributed by atoms with Crippen molar-refractivity contribution < 1.29 is 19.1 Å². The molecular weight excluding hydrogens is 428 g/mol. The summed E-state index contributed by atoms with van der Waals surface area (Å²) in [7, 11) is 1.63. The van der Waals surface area contributed by atoms with Crippen molar-refractivity contribution in [1.29, 1.82) is 0 Å². The maximum Gasteiger partial charge on any atom is 0.336 e. The van der Waals surface area contributed by atoms with Crippen LogP contribution in [0.2, 0.25) is 0 Å². The van der Waals surface area contributed by atoms with Crippen molar-refractivity contribution in [2.24, 2.45) is 10.9 Å². The Balaban J connectivity index is 1.78. The SMILES string of the molecule is COc1ccccc1C1N=C2CNCC(C(=O)OC(C)(C)C)=C2C(=O)C1CCc1ccccc1. The Hall–Kier alpha value is -3.25. The fourth-order valence-electron chi connectivity index (χ4n) is 4.61. The minimum atomic E-state index is -0.649. The van der Waals surface area contributed by atoms with Crippen molar-refractivity contribution in [3.8, 4) is 5.75 Å². The van der Waals surface area contributed by atoms with E-state index in [9.17, 15) is 9.59 Å². The molecule has 0 saturated heterocycles. The molecule has 0 amide bonds. The Kier molecular flexibility index (Phi) is 6.98. The summed E-state index contributed by atoms with van der Waals surface area (Å²) in [6, 6.07) is 17.4. The van der Waals surface area contributed by atoms with Gasteiger partial charge in [-0.05, 0) is 45.2 Å². The molecule has 0 aromatic heterocycles. The minimum Gasteiger partial charge on any atom is -0.496 e. The zero-order valence-corrected chi connectivity index (χ0v) is 20.3. The Morgan fingerprint density at radius 2 is 1.76 bits per heavy atom. The zero-order valence-electron chi connectivity index (χ0n) is 20.3. The highest BCUT2D eigenvalue weighted by Gasteiger charge is 2.42. The molecule has 0 fully saturated rings. The molecule has 2 aliphatic heterocycles. The van der Waals surface area contributed by atoms with Gasteiger partial charge >= 0.3 is 5.97 Å². The average Bonchev–Trinajstić information content (AvgIpc) is 2.82. The molecule has 0 aliphatic carbocycles. The lowest BCUT2D eigenvalue weighted by atomic mass is 9.77. The highest BCUT2D eigenvalue weighted by molar-refractivity contribution is 6.29. The molecule has 6 nitrogen and oxygen atoms in total. The van der Waals surface area contributed by atoms with E-state index >= 15 is 0 Å². The van der Waals surface area contributed by atoms with Crippen LogP contribution in [0.15, 0.2) is 70.7 Å². The molecule has 0 saturated carbocycles. The topological polar surface area (TPSA) is 77.0 Å². The van der Waals surface area contributed by atoms with E-state index in [1.165, 1.54) is 0 Å². The number of Topliss-reactive ketones (excluding diaryl/α,β-unsaturated/α-hetero) is 1. The average molecular weight is 461 g/mol. The van der Waals surface area contributed by atoms with Gasteiger partial charge < -0.3 is 14.8 Å².